The van der Waals surface area contributed by atoms with E-state index in [1.807, 2.05) is 36.4 Å². The van der Waals surface area contributed by atoms with Gasteiger partial charge in [0.25, 0.3) is 5.91 Å². The normalized spacial score (nSPS) is 11.5. The van der Waals surface area contributed by atoms with Crippen LogP contribution in [0.3, 0.4) is 0 Å². The van der Waals surface area contributed by atoms with Gasteiger partial charge < -0.3 is 14.2 Å². The molecule has 0 saturated heterocycles. The highest BCUT2D eigenvalue weighted by atomic mass is 79.9. The molecule has 0 fully saturated rings. The van der Waals surface area contributed by atoms with Gasteiger partial charge >= 0.3 is 5.97 Å². The maximum atomic E-state index is 12.4. The van der Waals surface area contributed by atoms with E-state index in [1.165, 1.54) is 6.21 Å². The predicted molar refractivity (Wildman–Crippen MR) is 149 cm³/mol. The van der Waals surface area contributed by atoms with Gasteiger partial charge in [0.1, 0.15) is 23.9 Å². The molecule has 0 aliphatic rings. The average Bonchev–Trinajstić information content (AvgIpc) is 2.94. The maximum Gasteiger partial charge on any atom is 0.343 e. The zero-order valence-corrected chi connectivity index (χ0v) is 22.1. The topological polar surface area (TPSA) is 86.2 Å². The van der Waals surface area contributed by atoms with Gasteiger partial charge in [-0.3, -0.25) is 4.79 Å². The van der Waals surface area contributed by atoms with Gasteiger partial charge in [-0.15, -0.1) is 0 Å². The molecule has 8 heteroatoms. The van der Waals surface area contributed by atoms with Crippen LogP contribution in [-0.4, -0.2) is 24.2 Å². The van der Waals surface area contributed by atoms with E-state index in [-0.39, 0.29) is 0 Å². The Morgan fingerprint density at radius 2 is 1.55 bits per heavy atom. The first-order valence-corrected chi connectivity index (χ1v) is 12.6. The number of hydrogen-bond donors (Lipinski definition) is 1. The second-order valence-corrected chi connectivity index (χ2v) is 9.12. The Hall–Kier alpha value is -4.43. The molecule has 1 unspecified atom stereocenters. The summed E-state index contributed by atoms with van der Waals surface area (Å²) in [5.74, 6) is 0.789. The van der Waals surface area contributed by atoms with Crippen molar-refractivity contribution in [3.05, 3.63) is 124 Å². The summed E-state index contributed by atoms with van der Waals surface area (Å²) in [7, 11) is 0. The Kier molecular flexibility index (Phi) is 9.26. The van der Waals surface area contributed by atoms with Crippen molar-refractivity contribution in [1.82, 2.24) is 5.43 Å². The van der Waals surface area contributed by atoms with E-state index >= 15 is 0 Å². The van der Waals surface area contributed by atoms with Crippen molar-refractivity contribution in [2.45, 2.75) is 19.6 Å². The highest BCUT2D eigenvalue weighted by Gasteiger charge is 2.14. The van der Waals surface area contributed by atoms with Crippen molar-refractivity contribution in [3.8, 4) is 17.2 Å². The molecule has 0 heterocycles. The molecule has 0 spiro atoms. The number of ether oxygens (including phenoxy) is 3. The number of carbonyl (C=O) groups is 2. The lowest BCUT2D eigenvalue weighted by Gasteiger charge is -2.13. The van der Waals surface area contributed by atoms with Crippen LogP contribution in [0.2, 0.25) is 0 Å². The van der Waals surface area contributed by atoms with Gasteiger partial charge in [-0.2, -0.15) is 5.10 Å². The predicted octanol–water partition coefficient (Wildman–Crippen LogP) is 6.16. The van der Waals surface area contributed by atoms with E-state index in [4.69, 9.17) is 14.2 Å². The summed E-state index contributed by atoms with van der Waals surface area (Å²) in [5, 5.41) is 3.98. The molecule has 0 saturated carbocycles. The fraction of sp³-hybridized carbons (Fsp3) is 0.100. The Morgan fingerprint density at radius 3 is 2.26 bits per heavy atom. The number of esters is 1. The molecule has 1 atom stereocenters. The molecule has 0 radical (unpaired) electrons. The van der Waals surface area contributed by atoms with Crippen LogP contribution in [0.4, 0.5) is 0 Å². The zero-order chi connectivity index (χ0) is 26.7. The highest BCUT2D eigenvalue weighted by Crippen LogP contribution is 2.20. The molecular formula is C30H25BrN2O5. The second-order valence-electron chi connectivity index (χ2n) is 8.21. The van der Waals surface area contributed by atoms with Crippen LogP contribution in [0.25, 0.3) is 0 Å². The van der Waals surface area contributed by atoms with Crippen molar-refractivity contribution in [2.24, 2.45) is 5.10 Å². The minimum atomic E-state index is -0.761. The summed E-state index contributed by atoms with van der Waals surface area (Å²) >= 11 is 3.33. The molecule has 0 bridgehead atoms. The summed E-state index contributed by atoms with van der Waals surface area (Å²) in [6.07, 6.45) is 0.728. The molecule has 4 rings (SSSR count). The first-order chi connectivity index (χ1) is 18.5. The molecule has 0 aromatic heterocycles. The van der Waals surface area contributed by atoms with Gasteiger partial charge in [-0.05, 0) is 84.8 Å². The lowest BCUT2D eigenvalue weighted by Crippen LogP contribution is -2.33. The number of benzene rings is 4. The van der Waals surface area contributed by atoms with Gasteiger partial charge in [0.05, 0.1) is 11.8 Å². The number of rotatable bonds is 10. The quantitative estimate of drug-likeness (QED) is 0.106. The third-order valence-corrected chi connectivity index (χ3v) is 5.79. The number of nitrogens with one attached hydrogen (secondary N) is 1. The first-order valence-electron chi connectivity index (χ1n) is 11.8. The van der Waals surface area contributed by atoms with Crippen LogP contribution in [-0.2, 0) is 11.4 Å². The number of carbonyl (C=O) groups excluding carboxylic acids is 2. The Bertz CT molecular complexity index is 1390. The summed E-state index contributed by atoms with van der Waals surface area (Å²) in [6.45, 7) is 2.11. The smallest absolute Gasteiger partial charge is 0.343 e. The molecule has 38 heavy (non-hydrogen) atoms. The van der Waals surface area contributed by atoms with Crippen molar-refractivity contribution in [3.63, 3.8) is 0 Å². The SMILES string of the molecule is CC(Oc1ccc(OCc2ccccc2)cc1)C(=O)NN=Cc1ccc(OC(=O)c2cccc(Br)c2)cc1. The Balaban J connectivity index is 1.21. The lowest BCUT2D eigenvalue weighted by atomic mass is 10.2. The van der Waals surface area contributed by atoms with E-state index in [0.717, 1.165) is 10.0 Å². The van der Waals surface area contributed by atoms with Crippen molar-refractivity contribution in [2.75, 3.05) is 0 Å². The Labute approximate surface area is 229 Å². The van der Waals surface area contributed by atoms with Gasteiger partial charge in [-0.1, -0.05) is 52.3 Å². The van der Waals surface area contributed by atoms with Crippen LogP contribution in [0.15, 0.2) is 113 Å². The monoisotopic (exact) mass is 572 g/mol. The molecular weight excluding hydrogens is 548 g/mol. The first kappa shape index (κ1) is 26.6. The van der Waals surface area contributed by atoms with Crippen LogP contribution in [0.1, 0.15) is 28.4 Å². The highest BCUT2D eigenvalue weighted by molar-refractivity contribution is 9.10. The summed E-state index contributed by atoms with van der Waals surface area (Å²) in [5.41, 5.74) is 4.70. The molecule has 1 amide bonds. The fourth-order valence-corrected chi connectivity index (χ4v) is 3.68. The third kappa shape index (κ3) is 8.04. The molecule has 0 aliphatic carbocycles. The van der Waals surface area contributed by atoms with E-state index in [0.29, 0.717) is 35.0 Å². The number of hydrogen-bond acceptors (Lipinski definition) is 6. The minimum Gasteiger partial charge on any atom is -0.489 e. The molecule has 4 aromatic carbocycles. The zero-order valence-electron chi connectivity index (χ0n) is 20.5. The van der Waals surface area contributed by atoms with Crippen LogP contribution in [0.5, 0.6) is 17.2 Å². The van der Waals surface area contributed by atoms with Crippen molar-refractivity contribution >= 4 is 34.0 Å². The van der Waals surface area contributed by atoms with Gasteiger partial charge in [0, 0.05) is 4.47 Å². The third-order valence-electron chi connectivity index (χ3n) is 5.29. The van der Waals surface area contributed by atoms with E-state index in [9.17, 15) is 9.59 Å². The maximum absolute atomic E-state index is 12.4. The van der Waals surface area contributed by atoms with Gasteiger partial charge in [0.2, 0.25) is 0 Å². The van der Waals surface area contributed by atoms with E-state index in [2.05, 4.69) is 26.5 Å². The minimum absolute atomic E-state index is 0.398. The summed E-state index contributed by atoms with van der Waals surface area (Å²) in [6, 6.07) is 30.7. The van der Waals surface area contributed by atoms with E-state index < -0.39 is 18.0 Å². The van der Waals surface area contributed by atoms with Crippen LogP contribution < -0.4 is 19.6 Å². The standard InChI is InChI=1S/C30H25BrN2O5/c1-21(37-27-16-14-26(15-17-27)36-20-23-6-3-2-4-7-23)29(34)33-32-19-22-10-12-28(13-11-22)38-30(35)24-8-5-9-25(31)18-24/h2-19,21H,20H2,1H3,(H,33,34). The van der Waals surface area contributed by atoms with Crippen LogP contribution in [0, 0.1) is 0 Å². The number of halogens is 1. The Morgan fingerprint density at radius 1 is 0.868 bits per heavy atom. The molecule has 192 valence electrons. The van der Waals surface area contributed by atoms with Crippen molar-refractivity contribution in [1.29, 1.82) is 0 Å². The molecule has 4 aromatic rings. The van der Waals surface area contributed by atoms with Crippen LogP contribution >= 0.6 is 15.9 Å². The second kappa shape index (κ2) is 13.2. The van der Waals surface area contributed by atoms with Crippen molar-refractivity contribution < 1.29 is 23.8 Å². The molecule has 7 nitrogen and oxygen atoms in total. The van der Waals surface area contributed by atoms with Gasteiger partial charge in [0.15, 0.2) is 6.10 Å². The number of nitrogens with zero attached hydrogens (tertiary/aromatic N) is 1. The lowest BCUT2D eigenvalue weighted by molar-refractivity contribution is -0.127. The number of amides is 1. The number of hydrazone groups is 1. The van der Waals surface area contributed by atoms with Gasteiger partial charge in [-0.25, -0.2) is 10.2 Å². The molecule has 0 aliphatic heterocycles. The summed E-state index contributed by atoms with van der Waals surface area (Å²) < 4.78 is 17.6. The molecule has 1 N–H and O–H groups in total. The van der Waals surface area contributed by atoms with E-state index in [1.54, 1.807) is 73.7 Å². The average molecular weight is 573 g/mol. The summed E-state index contributed by atoms with van der Waals surface area (Å²) in [4.78, 5) is 24.6. The fourth-order valence-electron chi connectivity index (χ4n) is 3.28. The largest absolute Gasteiger partial charge is 0.489 e.